The summed E-state index contributed by atoms with van der Waals surface area (Å²) in [5, 5.41) is 18.3. The van der Waals surface area contributed by atoms with Gasteiger partial charge in [-0.25, -0.2) is 4.68 Å². The molecular weight excluding hydrogens is 233 g/mol. The SMILES string of the molecule is COB(O)c1nn(C2NCCO2)c2ccccc12. The van der Waals surface area contributed by atoms with Gasteiger partial charge in [0.15, 0.2) is 0 Å². The molecule has 1 aromatic carbocycles. The van der Waals surface area contributed by atoms with E-state index in [0.717, 1.165) is 17.4 Å². The van der Waals surface area contributed by atoms with E-state index in [1.54, 1.807) is 4.68 Å². The second-order valence-electron chi connectivity index (χ2n) is 4.11. The minimum absolute atomic E-state index is 0.285. The van der Waals surface area contributed by atoms with Gasteiger partial charge in [-0.2, -0.15) is 5.10 Å². The Labute approximate surface area is 105 Å². The van der Waals surface area contributed by atoms with Crippen molar-refractivity contribution in [1.82, 2.24) is 15.1 Å². The van der Waals surface area contributed by atoms with Crippen molar-refractivity contribution in [2.75, 3.05) is 20.3 Å². The summed E-state index contributed by atoms with van der Waals surface area (Å²) in [6.07, 6.45) is -0.285. The van der Waals surface area contributed by atoms with Gasteiger partial charge in [0.2, 0.25) is 6.35 Å². The molecule has 1 aliphatic heterocycles. The van der Waals surface area contributed by atoms with Crippen LogP contribution in [0.2, 0.25) is 0 Å². The smallest absolute Gasteiger partial charge is 0.422 e. The van der Waals surface area contributed by atoms with Crippen molar-refractivity contribution >= 4 is 23.6 Å². The molecule has 1 atom stereocenters. The molecule has 1 fully saturated rings. The summed E-state index contributed by atoms with van der Waals surface area (Å²) in [4.78, 5) is 0. The van der Waals surface area contributed by atoms with Crippen molar-refractivity contribution < 1.29 is 14.4 Å². The van der Waals surface area contributed by atoms with Crippen LogP contribution in [-0.2, 0) is 9.39 Å². The number of nitrogens with zero attached hydrogens (tertiary/aromatic N) is 2. The Morgan fingerprint density at radius 2 is 2.39 bits per heavy atom. The van der Waals surface area contributed by atoms with Crippen LogP contribution in [0.5, 0.6) is 0 Å². The number of fused-ring (bicyclic) bond motifs is 1. The summed E-state index contributed by atoms with van der Waals surface area (Å²) >= 11 is 0. The highest BCUT2D eigenvalue weighted by Crippen LogP contribution is 2.18. The van der Waals surface area contributed by atoms with Crippen molar-refractivity contribution in [2.45, 2.75) is 6.35 Å². The van der Waals surface area contributed by atoms with Crippen LogP contribution in [0.25, 0.3) is 10.9 Å². The van der Waals surface area contributed by atoms with Crippen LogP contribution in [0.3, 0.4) is 0 Å². The highest BCUT2D eigenvalue weighted by Gasteiger charge is 2.27. The summed E-state index contributed by atoms with van der Waals surface area (Å²) in [7, 11) is 0.417. The molecule has 2 heterocycles. The first-order valence-electron chi connectivity index (χ1n) is 5.84. The van der Waals surface area contributed by atoms with Crippen molar-refractivity contribution in [3.8, 4) is 0 Å². The lowest BCUT2D eigenvalue weighted by Crippen LogP contribution is -2.35. The first-order chi connectivity index (χ1) is 8.81. The van der Waals surface area contributed by atoms with Crippen molar-refractivity contribution in [3.63, 3.8) is 0 Å². The van der Waals surface area contributed by atoms with E-state index in [1.165, 1.54) is 7.11 Å². The van der Waals surface area contributed by atoms with Gasteiger partial charge in [-0.1, -0.05) is 18.2 Å². The maximum absolute atomic E-state index is 9.82. The number of aromatic nitrogens is 2. The maximum Gasteiger partial charge on any atom is 0.513 e. The van der Waals surface area contributed by atoms with E-state index < -0.39 is 7.12 Å². The summed E-state index contributed by atoms with van der Waals surface area (Å²) in [6.45, 7) is 1.45. The summed E-state index contributed by atoms with van der Waals surface area (Å²) < 4.78 is 12.2. The summed E-state index contributed by atoms with van der Waals surface area (Å²) in [5.41, 5.74) is 1.41. The third-order valence-electron chi connectivity index (χ3n) is 3.02. The fourth-order valence-corrected chi connectivity index (χ4v) is 2.16. The van der Waals surface area contributed by atoms with Crippen LogP contribution >= 0.6 is 0 Å². The van der Waals surface area contributed by atoms with Gasteiger partial charge in [0.1, 0.15) is 5.59 Å². The van der Waals surface area contributed by atoms with Crippen LogP contribution in [0.15, 0.2) is 24.3 Å². The molecule has 1 unspecified atom stereocenters. The third-order valence-corrected chi connectivity index (χ3v) is 3.02. The van der Waals surface area contributed by atoms with Gasteiger partial charge in [-0.15, -0.1) is 0 Å². The van der Waals surface area contributed by atoms with Crippen LogP contribution in [0, 0.1) is 0 Å². The van der Waals surface area contributed by atoms with Crippen LogP contribution < -0.4 is 10.9 Å². The van der Waals surface area contributed by atoms with Gasteiger partial charge in [0.25, 0.3) is 0 Å². The van der Waals surface area contributed by atoms with Gasteiger partial charge in [-0.3, -0.25) is 5.32 Å². The zero-order valence-electron chi connectivity index (χ0n) is 10.0. The molecule has 1 aliphatic rings. The quantitative estimate of drug-likeness (QED) is 0.712. The number of rotatable bonds is 3. The van der Waals surface area contributed by atoms with Gasteiger partial charge in [0.05, 0.1) is 12.1 Å². The molecule has 7 heteroatoms. The largest absolute Gasteiger partial charge is 0.513 e. The average molecular weight is 247 g/mol. The molecule has 94 valence electrons. The van der Waals surface area contributed by atoms with Gasteiger partial charge < -0.3 is 14.4 Å². The molecule has 3 rings (SSSR count). The van der Waals surface area contributed by atoms with Crippen molar-refractivity contribution in [1.29, 1.82) is 0 Å². The average Bonchev–Trinajstić information content (AvgIpc) is 3.04. The number of para-hydroxylation sites is 1. The third kappa shape index (κ3) is 1.81. The fraction of sp³-hybridized carbons (Fsp3) is 0.364. The van der Waals surface area contributed by atoms with Crippen LogP contribution in [0.4, 0.5) is 0 Å². The normalized spacial score (nSPS) is 19.6. The van der Waals surface area contributed by atoms with Gasteiger partial charge >= 0.3 is 7.12 Å². The molecule has 0 amide bonds. The maximum atomic E-state index is 9.82. The minimum Gasteiger partial charge on any atom is -0.422 e. The Morgan fingerprint density at radius 3 is 3.11 bits per heavy atom. The predicted octanol–water partition coefficient (Wildman–Crippen LogP) is -0.554. The number of hydrogen-bond acceptors (Lipinski definition) is 5. The number of benzene rings is 1. The molecule has 1 aromatic heterocycles. The summed E-state index contributed by atoms with van der Waals surface area (Å²) in [5.74, 6) is 0. The number of hydrogen-bond donors (Lipinski definition) is 2. The van der Waals surface area contributed by atoms with Crippen molar-refractivity contribution in [3.05, 3.63) is 24.3 Å². The van der Waals surface area contributed by atoms with Gasteiger partial charge in [0, 0.05) is 19.0 Å². The highest BCUT2D eigenvalue weighted by atomic mass is 16.5. The van der Waals surface area contributed by atoms with Crippen LogP contribution in [-0.4, -0.2) is 42.2 Å². The molecule has 1 saturated heterocycles. The van der Waals surface area contributed by atoms with E-state index in [-0.39, 0.29) is 6.35 Å². The zero-order chi connectivity index (χ0) is 12.5. The monoisotopic (exact) mass is 247 g/mol. The molecule has 0 spiro atoms. The Kier molecular flexibility index (Phi) is 3.05. The lowest BCUT2D eigenvalue weighted by Gasteiger charge is -2.11. The lowest BCUT2D eigenvalue weighted by atomic mass is 9.83. The van der Waals surface area contributed by atoms with E-state index in [4.69, 9.17) is 9.39 Å². The predicted molar refractivity (Wildman–Crippen MR) is 67.3 cm³/mol. The number of nitrogens with one attached hydrogen (secondary N) is 1. The van der Waals surface area contributed by atoms with E-state index in [0.29, 0.717) is 12.2 Å². The molecule has 0 saturated carbocycles. The highest BCUT2D eigenvalue weighted by molar-refractivity contribution is 6.62. The van der Waals surface area contributed by atoms with E-state index in [2.05, 4.69) is 10.4 Å². The Bertz CT molecular complexity index is 553. The molecule has 0 radical (unpaired) electrons. The van der Waals surface area contributed by atoms with E-state index in [9.17, 15) is 5.02 Å². The Hall–Kier alpha value is -1.41. The van der Waals surface area contributed by atoms with Gasteiger partial charge in [-0.05, 0) is 6.07 Å². The molecular formula is C11H14BN3O3. The standard InChI is InChI=1S/C11H14BN3O3/c1-17-12(16)10-8-4-2-3-5-9(8)15(14-10)11-13-6-7-18-11/h2-5,11,13,16H,6-7H2,1H3. The Morgan fingerprint density at radius 1 is 1.56 bits per heavy atom. The number of ether oxygens (including phenoxy) is 1. The van der Waals surface area contributed by atoms with Crippen LogP contribution in [0.1, 0.15) is 6.35 Å². The second-order valence-corrected chi connectivity index (χ2v) is 4.11. The molecule has 2 aromatic rings. The molecule has 2 N–H and O–H groups in total. The molecule has 6 nitrogen and oxygen atoms in total. The lowest BCUT2D eigenvalue weighted by molar-refractivity contribution is 0.0383. The molecule has 18 heavy (non-hydrogen) atoms. The fourth-order valence-electron chi connectivity index (χ4n) is 2.16. The topological polar surface area (TPSA) is 68.5 Å². The van der Waals surface area contributed by atoms with E-state index >= 15 is 0 Å². The first kappa shape index (κ1) is 11.7. The second kappa shape index (κ2) is 4.70. The van der Waals surface area contributed by atoms with Crippen molar-refractivity contribution in [2.24, 2.45) is 0 Å². The van der Waals surface area contributed by atoms with E-state index in [1.807, 2.05) is 24.3 Å². The molecule has 0 aliphatic carbocycles. The Balaban J connectivity index is 2.13. The minimum atomic E-state index is -1.03. The summed E-state index contributed by atoms with van der Waals surface area (Å²) in [6, 6.07) is 7.69. The molecule has 0 bridgehead atoms. The first-order valence-corrected chi connectivity index (χ1v) is 5.84. The zero-order valence-corrected chi connectivity index (χ0v) is 10.0.